The second-order valence-corrected chi connectivity index (χ2v) is 6.53. The first-order valence-electron chi connectivity index (χ1n) is 7.46. The fourth-order valence-electron chi connectivity index (χ4n) is 3.12. The number of aliphatic hydroxyl groups excluding tert-OH is 1. The smallest absolute Gasteiger partial charge is 0.227 e. The molecule has 0 saturated heterocycles. The lowest BCUT2D eigenvalue weighted by Gasteiger charge is -2.22. The van der Waals surface area contributed by atoms with Crippen LogP contribution in [-0.2, 0) is 24.4 Å². The van der Waals surface area contributed by atoms with E-state index >= 15 is 0 Å². The van der Waals surface area contributed by atoms with Crippen LogP contribution in [0.1, 0.15) is 35.2 Å². The zero-order valence-electron chi connectivity index (χ0n) is 12.7. The van der Waals surface area contributed by atoms with Crippen molar-refractivity contribution in [1.82, 2.24) is 4.90 Å². The first-order chi connectivity index (χ1) is 11.0. The van der Waals surface area contributed by atoms with Crippen LogP contribution in [0.25, 0.3) is 0 Å². The lowest BCUT2D eigenvalue weighted by atomic mass is 10.0. The Hall–Kier alpha value is -1.55. The van der Waals surface area contributed by atoms with Crippen LogP contribution in [0.4, 0.5) is 0 Å². The molecular weight excluding hydrogens is 333 g/mol. The number of amides is 1. The Morgan fingerprint density at radius 1 is 1.22 bits per heavy atom. The summed E-state index contributed by atoms with van der Waals surface area (Å²) in [5, 5.41) is 10.5. The zero-order chi connectivity index (χ0) is 16.6. The monoisotopic (exact) mass is 349 g/mol. The summed E-state index contributed by atoms with van der Waals surface area (Å²) in [6, 6.07) is 11.0. The van der Waals surface area contributed by atoms with Gasteiger partial charge in [0.1, 0.15) is 0 Å². The molecule has 120 valence electrons. The topological polar surface area (TPSA) is 40.5 Å². The molecule has 3 rings (SSSR count). The van der Waals surface area contributed by atoms with Crippen molar-refractivity contribution in [3.05, 3.63) is 68.7 Å². The molecule has 0 spiro atoms. The molecule has 0 radical (unpaired) electrons. The number of nitrogens with zero attached hydrogens (tertiary/aromatic N) is 1. The second-order valence-electron chi connectivity index (χ2n) is 5.72. The molecule has 0 aromatic heterocycles. The lowest BCUT2D eigenvalue weighted by Crippen LogP contribution is -2.29. The minimum absolute atomic E-state index is 0.0196. The molecule has 0 unspecified atom stereocenters. The van der Waals surface area contributed by atoms with Crippen molar-refractivity contribution < 1.29 is 9.90 Å². The molecule has 3 nitrogen and oxygen atoms in total. The Bertz CT molecular complexity index is 740. The minimum Gasteiger partial charge on any atom is -0.392 e. The summed E-state index contributed by atoms with van der Waals surface area (Å²) in [7, 11) is 0. The van der Waals surface area contributed by atoms with Crippen LogP contribution in [-0.4, -0.2) is 15.9 Å². The van der Waals surface area contributed by atoms with Gasteiger partial charge < -0.3 is 10.0 Å². The van der Waals surface area contributed by atoms with Gasteiger partial charge in [-0.25, -0.2) is 0 Å². The van der Waals surface area contributed by atoms with E-state index in [0.29, 0.717) is 22.2 Å². The second kappa shape index (κ2) is 6.52. The number of rotatable bonds is 3. The van der Waals surface area contributed by atoms with Gasteiger partial charge in [0.25, 0.3) is 0 Å². The number of carbonyl (C=O) groups is 1. The summed E-state index contributed by atoms with van der Waals surface area (Å²) >= 11 is 12.3. The van der Waals surface area contributed by atoms with Gasteiger partial charge in [0, 0.05) is 16.6 Å². The summed E-state index contributed by atoms with van der Waals surface area (Å²) in [5.74, 6) is -0.0208. The molecule has 1 amide bonds. The summed E-state index contributed by atoms with van der Waals surface area (Å²) in [5.41, 5.74) is 3.67. The molecule has 1 N–H and O–H groups in total. The number of benzene rings is 2. The Morgan fingerprint density at radius 2 is 1.87 bits per heavy atom. The quantitative estimate of drug-likeness (QED) is 0.904. The average Bonchev–Trinajstić information content (AvgIpc) is 2.88. The Labute approximate surface area is 145 Å². The number of hydrogen-bond donors (Lipinski definition) is 1. The van der Waals surface area contributed by atoms with Gasteiger partial charge in [-0.3, -0.25) is 4.79 Å². The number of halogens is 2. The minimum atomic E-state index is -0.0229. The molecule has 1 aliphatic heterocycles. The predicted octanol–water partition coefficient (Wildman–Crippen LogP) is 4.13. The van der Waals surface area contributed by atoms with Crippen LogP contribution in [0.3, 0.4) is 0 Å². The number of aliphatic hydroxyl groups is 1. The van der Waals surface area contributed by atoms with E-state index in [2.05, 4.69) is 0 Å². The Balaban J connectivity index is 1.85. The van der Waals surface area contributed by atoms with E-state index in [4.69, 9.17) is 23.2 Å². The molecule has 1 atom stereocenters. The SMILES string of the molecule is C[C@H]1c2cccc(CO)c2CN1C(=O)Cc1c(Cl)cccc1Cl. The van der Waals surface area contributed by atoms with Gasteiger partial charge in [-0.2, -0.15) is 0 Å². The summed E-state index contributed by atoms with van der Waals surface area (Å²) in [6.07, 6.45) is 0.172. The molecule has 0 bridgehead atoms. The van der Waals surface area contributed by atoms with Gasteiger partial charge in [-0.1, -0.05) is 47.5 Å². The molecule has 0 fully saturated rings. The first kappa shape index (κ1) is 16.3. The van der Waals surface area contributed by atoms with Gasteiger partial charge >= 0.3 is 0 Å². The third kappa shape index (κ3) is 2.97. The van der Waals surface area contributed by atoms with Crippen molar-refractivity contribution in [2.75, 3.05) is 0 Å². The lowest BCUT2D eigenvalue weighted by molar-refractivity contribution is -0.132. The molecule has 0 aliphatic carbocycles. The maximum absolute atomic E-state index is 12.7. The maximum Gasteiger partial charge on any atom is 0.227 e. The molecule has 1 heterocycles. The molecule has 23 heavy (non-hydrogen) atoms. The highest BCUT2D eigenvalue weighted by atomic mass is 35.5. The van der Waals surface area contributed by atoms with E-state index in [1.807, 2.05) is 30.0 Å². The van der Waals surface area contributed by atoms with Gasteiger partial charge in [0.05, 0.1) is 19.1 Å². The molecule has 1 aliphatic rings. The van der Waals surface area contributed by atoms with E-state index in [9.17, 15) is 9.90 Å². The highest BCUT2D eigenvalue weighted by molar-refractivity contribution is 6.36. The van der Waals surface area contributed by atoms with Crippen molar-refractivity contribution in [1.29, 1.82) is 0 Å². The molecule has 2 aromatic rings. The molecule has 5 heteroatoms. The molecule has 2 aromatic carbocycles. The zero-order valence-corrected chi connectivity index (χ0v) is 14.2. The van der Waals surface area contributed by atoms with E-state index in [-0.39, 0.29) is 25.0 Å². The predicted molar refractivity (Wildman–Crippen MR) is 91.5 cm³/mol. The summed E-state index contributed by atoms with van der Waals surface area (Å²) in [6.45, 7) is 2.49. The fourth-order valence-corrected chi connectivity index (χ4v) is 3.65. The standard InChI is InChI=1S/C18H17Cl2NO2/c1-11-13-5-2-4-12(10-22)15(13)9-21(11)18(23)8-14-16(19)6-3-7-17(14)20/h2-7,11,22H,8-10H2,1H3/t11-/m0/s1. The highest BCUT2D eigenvalue weighted by Gasteiger charge is 2.32. The van der Waals surface area contributed by atoms with Crippen LogP contribution in [0.15, 0.2) is 36.4 Å². The summed E-state index contributed by atoms with van der Waals surface area (Å²) in [4.78, 5) is 14.6. The third-order valence-electron chi connectivity index (χ3n) is 4.44. The van der Waals surface area contributed by atoms with Crippen LogP contribution in [0, 0.1) is 0 Å². The van der Waals surface area contributed by atoms with E-state index in [1.54, 1.807) is 18.2 Å². The summed E-state index contributed by atoms with van der Waals surface area (Å²) < 4.78 is 0. The molecule has 0 saturated carbocycles. The van der Waals surface area contributed by atoms with E-state index in [0.717, 1.165) is 16.7 Å². The normalized spacial score (nSPS) is 16.5. The Kier molecular flexibility index (Phi) is 4.62. The number of fused-ring (bicyclic) bond motifs is 1. The van der Waals surface area contributed by atoms with Crippen LogP contribution >= 0.6 is 23.2 Å². The highest BCUT2D eigenvalue weighted by Crippen LogP contribution is 2.36. The first-order valence-corrected chi connectivity index (χ1v) is 8.22. The number of hydrogen-bond acceptors (Lipinski definition) is 2. The van der Waals surface area contributed by atoms with Gasteiger partial charge in [-0.05, 0) is 41.3 Å². The van der Waals surface area contributed by atoms with E-state index in [1.165, 1.54) is 0 Å². The van der Waals surface area contributed by atoms with E-state index < -0.39 is 0 Å². The largest absolute Gasteiger partial charge is 0.392 e. The van der Waals surface area contributed by atoms with Crippen molar-refractivity contribution in [3.63, 3.8) is 0 Å². The maximum atomic E-state index is 12.7. The van der Waals surface area contributed by atoms with Crippen LogP contribution < -0.4 is 0 Å². The third-order valence-corrected chi connectivity index (χ3v) is 5.14. The average molecular weight is 350 g/mol. The van der Waals surface area contributed by atoms with Crippen molar-refractivity contribution in [2.45, 2.75) is 32.5 Å². The molecular formula is C18H17Cl2NO2. The van der Waals surface area contributed by atoms with Crippen molar-refractivity contribution in [3.8, 4) is 0 Å². The van der Waals surface area contributed by atoms with Gasteiger partial charge in [0.15, 0.2) is 0 Å². The Morgan fingerprint density at radius 3 is 2.52 bits per heavy atom. The fraction of sp³-hybridized carbons (Fsp3) is 0.278. The van der Waals surface area contributed by atoms with Crippen LogP contribution in [0.5, 0.6) is 0 Å². The van der Waals surface area contributed by atoms with Gasteiger partial charge in [-0.15, -0.1) is 0 Å². The van der Waals surface area contributed by atoms with Crippen molar-refractivity contribution in [2.24, 2.45) is 0 Å². The van der Waals surface area contributed by atoms with Gasteiger partial charge in [0.2, 0.25) is 5.91 Å². The van der Waals surface area contributed by atoms with Crippen molar-refractivity contribution >= 4 is 29.1 Å². The van der Waals surface area contributed by atoms with Crippen LogP contribution in [0.2, 0.25) is 10.0 Å². The number of carbonyl (C=O) groups excluding carboxylic acids is 1.